The van der Waals surface area contributed by atoms with Gasteiger partial charge in [-0.2, -0.15) is 10.1 Å². The molecule has 184 valence electrons. The smallest absolute Gasteiger partial charge is 0.277 e. The van der Waals surface area contributed by atoms with Gasteiger partial charge in [0.2, 0.25) is 0 Å². The summed E-state index contributed by atoms with van der Waals surface area (Å²) in [5.41, 5.74) is 5.06. The van der Waals surface area contributed by atoms with Gasteiger partial charge < -0.3 is 15.2 Å². The third-order valence-corrected chi connectivity index (χ3v) is 6.17. The highest BCUT2D eigenvalue weighted by molar-refractivity contribution is 6.03. The fourth-order valence-electron chi connectivity index (χ4n) is 4.43. The molecule has 0 fully saturated rings. The number of fused-ring (bicyclic) bond motifs is 3. The molecule has 3 aliphatic rings. The van der Waals surface area contributed by atoms with Crippen molar-refractivity contribution in [2.75, 3.05) is 17.2 Å². The molecule has 0 bridgehead atoms. The summed E-state index contributed by atoms with van der Waals surface area (Å²) in [5.74, 6) is 0.410. The van der Waals surface area contributed by atoms with Crippen molar-refractivity contribution in [2.45, 2.75) is 13.5 Å². The predicted molar refractivity (Wildman–Crippen MR) is 136 cm³/mol. The minimum Gasteiger partial charge on any atom is -0.369 e. The molecule has 2 N–H and O–H groups in total. The van der Waals surface area contributed by atoms with Crippen molar-refractivity contribution in [1.82, 2.24) is 29.3 Å². The highest BCUT2D eigenvalue weighted by Crippen LogP contribution is 2.38. The van der Waals surface area contributed by atoms with Crippen LogP contribution in [0.1, 0.15) is 16.1 Å². The number of hydrogen-bond donors (Lipinski definition) is 2. The van der Waals surface area contributed by atoms with E-state index in [9.17, 15) is 9.18 Å². The molecule has 0 atom stereocenters. The molecular formula is C26H22FN9O. The molecule has 0 aliphatic carbocycles. The first-order valence-corrected chi connectivity index (χ1v) is 11.7. The summed E-state index contributed by atoms with van der Waals surface area (Å²) in [7, 11) is 1.83. The van der Waals surface area contributed by atoms with Gasteiger partial charge in [-0.15, -0.1) is 0 Å². The first kappa shape index (κ1) is 22.5. The highest BCUT2D eigenvalue weighted by Gasteiger charge is 2.23. The van der Waals surface area contributed by atoms with Crippen molar-refractivity contribution in [2.24, 2.45) is 12.0 Å². The van der Waals surface area contributed by atoms with Crippen molar-refractivity contribution in [3.05, 3.63) is 83.9 Å². The number of amides is 1. The van der Waals surface area contributed by atoms with E-state index in [1.54, 1.807) is 29.3 Å². The van der Waals surface area contributed by atoms with Gasteiger partial charge in [-0.3, -0.25) is 9.48 Å². The first-order valence-electron chi connectivity index (χ1n) is 11.7. The SMILES string of the molecule is Cc1ccc(NC(=O)c2ncccc2F)cc1-c1cc2cnc(=Nc3cnn(C)c3)nc-2n2c1NCC2. The van der Waals surface area contributed by atoms with E-state index in [4.69, 9.17) is 4.98 Å². The van der Waals surface area contributed by atoms with Crippen molar-refractivity contribution in [1.29, 1.82) is 0 Å². The van der Waals surface area contributed by atoms with Crippen LogP contribution in [-0.2, 0) is 13.6 Å². The number of benzene rings is 1. The lowest BCUT2D eigenvalue weighted by Crippen LogP contribution is -2.17. The van der Waals surface area contributed by atoms with Crippen LogP contribution in [0.2, 0.25) is 0 Å². The van der Waals surface area contributed by atoms with Crippen LogP contribution in [0, 0.1) is 12.7 Å². The maximum absolute atomic E-state index is 14.0. The van der Waals surface area contributed by atoms with Crippen LogP contribution in [0.15, 0.2) is 66.2 Å². The Morgan fingerprint density at radius 2 is 2.05 bits per heavy atom. The number of aromatic nitrogens is 6. The van der Waals surface area contributed by atoms with Crippen LogP contribution in [-0.4, -0.2) is 41.8 Å². The van der Waals surface area contributed by atoms with Crippen molar-refractivity contribution < 1.29 is 9.18 Å². The van der Waals surface area contributed by atoms with E-state index in [1.165, 1.54) is 18.3 Å². The Hall–Kier alpha value is -4.93. The Kier molecular flexibility index (Phi) is 5.44. The number of anilines is 2. The third kappa shape index (κ3) is 4.20. The second kappa shape index (κ2) is 8.94. The molecule has 6 rings (SSSR count). The lowest BCUT2D eigenvalue weighted by Gasteiger charge is -2.19. The number of rotatable bonds is 4. The van der Waals surface area contributed by atoms with Gasteiger partial charge in [0, 0.05) is 49.3 Å². The largest absolute Gasteiger partial charge is 0.369 e. The molecule has 11 heteroatoms. The zero-order valence-corrected chi connectivity index (χ0v) is 20.1. The quantitative estimate of drug-likeness (QED) is 0.394. The fourth-order valence-corrected chi connectivity index (χ4v) is 4.43. The first-order chi connectivity index (χ1) is 18.0. The number of nitrogens with one attached hydrogen (secondary N) is 2. The molecule has 0 saturated heterocycles. The zero-order chi connectivity index (χ0) is 25.5. The van der Waals surface area contributed by atoms with Gasteiger partial charge in [0.05, 0.1) is 12.4 Å². The second-order valence-electron chi connectivity index (χ2n) is 8.74. The summed E-state index contributed by atoms with van der Waals surface area (Å²) in [4.78, 5) is 30.1. The molecule has 10 nitrogen and oxygen atoms in total. The minimum atomic E-state index is -0.671. The average Bonchev–Trinajstić information content (AvgIpc) is 3.54. The Morgan fingerprint density at radius 3 is 2.86 bits per heavy atom. The topological polar surface area (TPSA) is 115 Å². The van der Waals surface area contributed by atoms with Gasteiger partial charge in [0.15, 0.2) is 11.5 Å². The molecule has 1 amide bonds. The van der Waals surface area contributed by atoms with Crippen LogP contribution >= 0.6 is 0 Å². The standard InChI is InChI=1S/C26H22FN9O/c1-15-5-6-17(32-25(37)22-21(27)4-3-7-28-22)11-19(15)20-10-16-12-30-26(33-18-13-31-35(2)14-18)34-23(16)36-9-8-29-24(20)36/h3-7,10-14,29H,8-9H2,1-2H3,(H,32,37). The molecule has 2 aromatic heterocycles. The molecule has 1 aromatic carbocycles. The average molecular weight is 496 g/mol. The monoisotopic (exact) mass is 495 g/mol. The molecule has 37 heavy (non-hydrogen) atoms. The number of pyridine rings is 2. The van der Waals surface area contributed by atoms with Crippen molar-refractivity contribution in [3.63, 3.8) is 0 Å². The van der Waals surface area contributed by atoms with Crippen molar-refractivity contribution in [3.8, 4) is 22.5 Å². The van der Waals surface area contributed by atoms with E-state index >= 15 is 0 Å². The summed E-state index contributed by atoms with van der Waals surface area (Å²) in [6.07, 6.45) is 6.61. The fraction of sp³-hybridized carbons (Fsp3) is 0.154. The summed E-state index contributed by atoms with van der Waals surface area (Å²) in [6, 6.07) is 10.3. The second-order valence-corrected chi connectivity index (χ2v) is 8.74. The summed E-state index contributed by atoms with van der Waals surface area (Å²) in [6.45, 7) is 3.49. The zero-order valence-electron chi connectivity index (χ0n) is 20.1. The number of aryl methyl sites for hydroxylation is 2. The van der Waals surface area contributed by atoms with Crippen LogP contribution in [0.3, 0.4) is 0 Å². The van der Waals surface area contributed by atoms with Gasteiger partial charge in [0.1, 0.15) is 17.3 Å². The molecule has 0 radical (unpaired) electrons. The Labute approximate surface area is 210 Å². The highest BCUT2D eigenvalue weighted by atomic mass is 19.1. The van der Waals surface area contributed by atoms with Gasteiger partial charge >= 0.3 is 0 Å². The minimum absolute atomic E-state index is 0.252. The predicted octanol–water partition coefficient (Wildman–Crippen LogP) is 3.54. The number of hydrogen-bond acceptors (Lipinski definition) is 7. The van der Waals surface area contributed by atoms with Crippen LogP contribution in [0.25, 0.3) is 22.5 Å². The molecule has 5 heterocycles. The lowest BCUT2D eigenvalue weighted by molar-refractivity contribution is 0.101. The number of halogens is 1. The lowest BCUT2D eigenvalue weighted by atomic mass is 9.98. The van der Waals surface area contributed by atoms with Gasteiger partial charge in [-0.1, -0.05) is 6.07 Å². The number of nitrogens with zero attached hydrogens (tertiary/aromatic N) is 7. The van der Waals surface area contributed by atoms with Crippen molar-refractivity contribution >= 4 is 23.1 Å². The molecular weight excluding hydrogens is 473 g/mol. The maximum Gasteiger partial charge on any atom is 0.277 e. The molecule has 0 saturated carbocycles. The van der Waals surface area contributed by atoms with E-state index in [2.05, 4.69) is 35.3 Å². The number of carbonyl (C=O) groups excluding carboxylic acids is 1. The number of carbonyl (C=O) groups is 1. The Balaban J connectivity index is 1.41. The van der Waals surface area contributed by atoms with E-state index in [0.717, 1.165) is 47.0 Å². The van der Waals surface area contributed by atoms with E-state index in [1.807, 2.05) is 32.2 Å². The maximum atomic E-state index is 14.0. The van der Waals surface area contributed by atoms with E-state index in [-0.39, 0.29) is 5.69 Å². The molecule has 0 unspecified atom stereocenters. The van der Waals surface area contributed by atoms with E-state index in [0.29, 0.717) is 17.0 Å². The third-order valence-electron chi connectivity index (χ3n) is 6.17. The van der Waals surface area contributed by atoms with Crippen LogP contribution in [0.5, 0.6) is 0 Å². The van der Waals surface area contributed by atoms with Gasteiger partial charge in [0.25, 0.3) is 11.5 Å². The Bertz CT molecular complexity index is 1700. The van der Waals surface area contributed by atoms with E-state index < -0.39 is 11.7 Å². The summed E-state index contributed by atoms with van der Waals surface area (Å²) in [5, 5.41) is 10.4. The van der Waals surface area contributed by atoms with Crippen LogP contribution in [0.4, 0.5) is 21.6 Å². The summed E-state index contributed by atoms with van der Waals surface area (Å²) < 4.78 is 17.8. The molecule has 0 spiro atoms. The molecule has 3 aliphatic heterocycles. The van der Waals surface area contributed by atoms with Crippen LogP contribution < -0.4 is 16.3 Å². The Morgan fingerprint density at radius 1 is 1.16 bits per heavy atom. The van der Waals surface area contributed by atoms with Gasteiger partial charge in [-0.25, -0.2) is 19.4 Å². The molecule has 3 aromatic rings. The van der Waals surface area contributed by atoms with Gasteiger partial charge in [-0.05, 0) is 48.4 Å². The summed E-state index contributed by atoms with van der Waals surface area (Å²) >= 11 is 0. The normalized spacial score (nSPS) is 13.0.